The molecule has 1 N–H and O–H groups in total. The first kappa shape index (κ1) is 18.2. The summed E-state index contributed by atoms with van der Waals surface area (Å²) in [4.78, 5) is 12.1. The summed E-state index contributed by atoms with van der Waals surface area (Å²) < 4.78 is 38.6. The second-order valence-corrected chi connectivity index (χ2v) is 6.88. The van der Waals surface area contributed by atoms with E-state index in [2.05, 4.69) is 10.5 Å². The van der Waals surface area contributed by atoms with E-state index in [9.17, 15) is 13.6 Å². The number of fused-ring (bicyclic) bond motifs is 1. The predicted octanol–water partition coefficient (Wildman–Crippen LogP) is 3.97. The Labute approximate surface area is 160 Å². The van der Waals surface area contributed by atoms with Crippen LogP contribution in [0.5, 0.6) is 5.75 Å². The van der Waals surface area contributed by atoms with Crippen molar-refractivity contribution in [2.75, 3.05) is 6.54 Å². The first-order valence-corrected chi connectivity index (χ1v) is 8.88. The minimum absolute atomic E-state index is 0.196. The number of carbonyl (C=O) groups excluding carboxylic acids is 1. The van der Waals surface area contributed by atoms with Gasteiger partial charge in [-0.05, 0) is 49.2 Å². The van der Waals surface area contributed by atoms with Crippen LogP contribution >= 0.6 is 0 Å². The molecule has 0 spiro atoms. The molecular weight excluding hydrogens is 366 g/mol. The van der Waals surface area contributed by atoms with Crippen molar-refractivity contribution in [3.63, 3.8) is 0 Å². The molecular formula is C21H18F2N2O3. The fourth-order valence-electron chi connectivity index (χ4n) is 3.31. The molecule has 0 radical (unpaired) electrons. The zero-order chi connectivity index (χ0) is 19.8. The Morgan fingerprint density at radius 3 is 2.75 bits per heavy atom. The highest BCUT2D eigenvalue weighted by Gasteiger charge is 2.28. The molecule has 3 aromatic rings. The number of nitrogens with one attached hydrogen (secondary N) is 1. The molecule has 5 nitrogen and oxygen atoms in total. The minimum atomic E-state index is -0.387. The van der Waals surface area contributed by atoms with Crippen molar-refractivity contribution in [2.24, 2.45) is 0 Å². The van der Waals surface area contributed by atoms with Crippen LogP contribution in [0.1, 0.15) is 27.4 Å². The molecule has 1 aliphatic heterocycles. The van der Waals surface area contributed by atoms with Gasteiger partial charge < -0.3 is 14.6 Å². The lowest BCUT2D eigenvalue weighted by Gasteiger charge is -2.13. The maximum atomic E-state index is 14.1. The molecule has 0 fully saturated rings. The molecule has 0 saturated carbocycles. The second-order valence-electron chi connectivity index (χ2n) is 6.88. The lowest BCUT2D eigenvalue weighted by Crippen LogP contribution is -2.34. The fraction of sp³-hybridized carbons (Fsp3) is 0.238. The molecule has 4 rings (SSSR count). The fourth-order valence-corrected chi connectivity index (χ4v) is 3.31. The zero-order valence-corrected chi connectivity index (χ0v) is 15.4. The lowest BCUT2D eigenvalue weighted by atomic mass is 9.99. The number of nitrogens with zero attached hydrogens (tertiary/aromatic N) is 1. The molecule has 0 bridgehead atoms. The van der Waals surface area contributed by atoms with Gasteiger partial charge in [-0.15, -0.1) is 0 Å². The first-order valence-electron chi connectivity index (χ1n) is 8.88. The predicted molar refractivity (Wildman–Crippen MR) is 98.2 cm³/mol. The molecule has 1 unspecified atom stereocenters. The molecule has 2 heterocycles. The van der Waals surface area contributed by atoms with Crippen LogP contribution in [0.4, 0.5) is 8.78 Å². The minimum Gasteiger partial charge on any atom is -0.487 e. The summed E-state index contributed by atoms with van der Waals surface area (Å²) in [6.45, 7) is 3.60. The van der Waals surface area contributed by atoms with Gasteiger partial charge in [0.1, 0.15) is 29.2 Å². The molecule has 144 valence electrons. The van der Waals surface area contributed by atoms with Crippen LogP contribution in [0.2, 0.25) is 0 Å². The van der Waals surface area contributed by atoms with Crippen molar-refractivity contribution in [3.8, 4) is 16.9 Å². The Kier molecular flexibility index (Phi) is 4.58. The summed E-state index contributed by atoms with van der Waals surface area (Å²) in [7, 11) is 0. The summed E-state index contributed by atoms with van der Waals surface area (Å²) in [5, 5.41) is 6.42. The maximum Gasteiger partial charge on any atom is 0.273 e. The van der Waals surface area contributed by atoms with E-state index in [1.807, 2.05) is 0 Å². The standard InChI is InChI=1S/C21H18F2N2O3/c1-11-5-13(3-4-18(11)23)17-9-15(22)7-14-8-16(27-20(14)17)10-24-21(26)19-6-12(2)28-25-19/h3-7,9,16H,8,10H2,1-2H3,(H,24,26). The lowest BCUT2D eigenvalue weighted by molar-refractivity contribution is 0.0924. The summed E-state index contributed by atoms with van der Waals surface area (Å²) >= 11 is 0. The molecule has 28 heavy (non-hydrogen) atoms. The number of aromatic nitrogens is 1. The Hall–Kier alpha value is -3.22. The van der Waals surface area contributed by atoms with E-state index in [0.29, 0.717) is 40.2 Å². The van der Waals surface area contributed by atoms with Gasteiger partial charge in [0.25, 0.3) is 5.91 Å². The second kappa shape index (κ2) is 7.07. The number of halogens is 2. The van der Waals surface area contributed by atoms with E-state index in [4.69, 9.17) is 9.26 Å². The number of amides is 1. The van der Waals surface area contributed by atoms with Crippen LogP contribution in [-0.2, 0) is 6.42 Å². The van der Waals surface area contributed by atoms with Crippen molar-refractivity contribution >= 4 is 5.91 Å². The molecule has 0 aliphatic carbocycles. The quantitative estimate of drug-likeness (QED) is 0.739. The van der Waals surface area contributed by atoms with Gasteiger partial charge in [-0.3, -0.25) is 4.79 Å². The maximum absolute atomic E-state index is 14.1. The summed E-state index contributed by atoms with van der Waals surface area (Å²) in [6.07, 6.45) is 0.118. The molecule has 1 aromatic heterocycles. The van der Waals surface area contributed by atoms with Crippen LogP contribution in [0.15, 0.2) is 40.9 Å². The van der Waals surface area contributed by atoms with Gasteiger partial charge >= 0.3 is 0 Å². The van der Waals surface area contributed by atoms with E-state index >= 15 is 0 Å². The van der Waals surface area contributed by atoms with Crippen LogP contribution in [0.25, 0.3) is 11.1 Å². The van der Waals surface area contributed by atoms with E-state index < -0.39 is 0 Å². The van der Waals surface area contributed by atoms with Crippen molar-refractivity contribution in [3.05, 3.63) is 70.6 Å². The summed E-state index contributed by atoms with van der Waals surface area (Å²) in [5.74, 6) is 0.0359. The SMILES string of the molecule is Cc1cc(C(=O)NCC2Cc3cc(F)cc(-c4ccc(F)c(C)c4)c3O2)no1. The number of benzene rings is 2. The molecule has 0 saturated heterocycles. The number of carbonyl (C=O) groups is 1. The summed E-state index contributed by atoms with van der Waals surface area (Å²) in [6, 6.07) is 8.97. The normalized spacial score (nSPS) is 15.2. The van der Waals surface area contributed by atoms with E-state index in [1.54, 1.807) is 32.0 Å². The van der Waals surface area contributed by atoms with Crippen LogP contribution < -0.4 is 10.1 Å². The van der Waals surface area contributed by atoms with Crippen molar-refractivity contribution in [1.29, 1.82) is 0 Å². The van der Waals surface area contributed by atoms with Crippen molar-refractivity contribution in [2.45, 2.75) is 26.4 Å². The van der Waals surface area contributed by atoms with Gasteiger partial charge in [0.05, 0.1) is 6.54 Å². The van der Waals surface area contributed by atoms with Gasteiger partial charge in [0.15, 0.2) is 5.69 Å². The summed E-state index contributed by atoms with van der Waals surface area (Å²) in [5.41, 5.74) is 2.63. The molecule has 1 amide bonds. The van der Waals surface area contributed by atoms with Gasteiger partial charge in [-0.1, -0.05) is 11.2 Å². The Balaban J connectivity index is 1.53. The molecule has 1 aliphatic rings. The van der Waals surface area contributed by atoms with Crippen molar-refractivity contribution < 1.29 is 22.8 Å². The first-order chi connectivity index (χ1) is 13.4. The average molecular weight is 384 g/mol. The molecule has 1 atom stereocenters. The average Bonchev–Trinajstić information content (AvgIpc) is 3.27. The molecule has 7 heteroatoms. The van der Waals surface area contributed by atoms with Gasteiger partial charge in [-0.25, -0.2) is 8.78 Å². The van der Waals surface area contributed by atoms with Crippen LogP contribution in [0, 0.1) is 25.5 Å². The monoisotopic (exact) mass is 384 g/mol. The topological polar surface area (TPSA) is 64.4 Å². The van der Waals surface area contributed by atoms with Gasteiger partial charge in [0, 0.05) is 23.6 Å². The third-order valence-electron chi connectivity index (χ3n) is 4.68. The zero-order valence-electron chi connectivity index (χ0n) is 15.4. The van der Waals surface area contributed by atoms with Gasteiger partial charge in [-0.2, -0.15) is 0 Å². The molecule has 2 aromatic carbocycles. The van der Waals surface area contributed by atoms with Crippen LogP contribution in [-0.4, -0.2) is 23.7 Å². The number of ether oxygens (including phenoxy) is 1. The van der Waals surface area contributed by atoms with E-state index in [1.165, 1.54) is 18.2 Å². The highest BCUT2D eigenvalue weighted by Crippen LogP contribution is 2.40. The highest BCUT2D eigenvalue weighted by molar-refractivity contribution is 5.92. The van der Waals surface area contributed by atoms with Gasteiger partial charge in [0.2, 0.25) is 0 Å². The number of aryl methyl sites for hydroxylation is 2. The smallest absolute Gasteiger partial charge is 0.273 e. The van der Waals surface area contributed by atoms with E-state index in [-0.39, 0.29) is 35.9 Å². The van der Waals surface area contributed by atoms with Crippen LogP contribution in [0.3, 0.4) is 0 Å². The number of hydrogen-bond acceptors (Lipinski definition) is 4. The Morgan fingerprint density at radius 2 is 2.04 bits per heavy atom. The number of rotatable bonds is 4. The third-order valence-corrected chi connectivity index (χ3v) is 4.68. The Morgan fingerprint density at radius 1 is 1.21 bits per heavy atom. The van der Waals surface area contributed by atoms with Crippen molar-refractivity contribution in [1.82, 2.24) is 10.5 Å². The third kappa shape index (κ3) is 3.47. The Bertz CT molecular complexity index is 1060. The number of hydrogen-bond donors (Lipinski definition) is 1. The largest absolute Gasteiger partial charge is 0.487 e. The van der Waals surface area contributed by atoms with E-state index in [0.717, 1.165) is 0 Å². The highest BCUT2D eigenvalue weighted by atomic mass is 19.1.